The average molecular weight is 288 g/mol. The highest BCUT2D eigenvalue weighted by Gasteiger charge is 2.16. The summed E-state index contributed by atoms with van der Waals surface area (Å²) in [5.41, 5.74) is 1.97. The van der Waals surface area contributed by atoms with Gasteiger partial charge in [0, 0.05) is 12.1 Å². The quantitative estimate of drug-likeness (QED) is 0.823. The Balaban J connectivity index is 2.03. The van der Waals surface area contributed by atoms with Gasteiger partial charge in [0.15, 0.2) is 0 Å². The number of aromatic nitrogens is 1. The first kappa shape index (κ1) is 15.6. The number of rotatable bonds is 7. The number of nitrogens with zero attached hydrogens (tertiary/aromatic N) is 1. The van der Waals surface area contributed by atoms with Crippen molar-refractivity contribution in [3.05, 3.63) is 65.7 Å². The van der Waals surface area contributed by atoms with Crippen LogP contribution in [0, 0.1) is 5.82 Å². The highest BCUT2D eigenvalue weighted by atomic mass is 19.1. The maximum atomic E-state index is 12.9. The summed E-state index contributed by atoms with van der Waals surface area (Å²) >= 11 is 0. The van der Waals surface area contributed by atoms with E-state index in [1.807, 2.05) is 37.3 Å². The van der Waals surface area contributed by atoms with Crippen molar-refractivity contribution in [3.8, 4) is 0 Å². The normalized spacial score (nSPS) is 13.9. The Hall–Kier alpha value is -1.78. The van der Waals surface area contributed by atoms with Crippen molar-refractivity contribution in [2.45, 2.75) is 31.8 Å². The molecule has 0 bridgehead atoms. The van der Waals surface area contributed by atoms with Crippen LogP contribution in [0.3, 0.4) is 0 Å². The minimum atomic E-state index is -0.336. The SMILES string of the molecule is CCC(N[C@@H](CO)Cc1ccccc1)c1ccc(F)cn1. The van der Waals surface area contributed by atoms with Gasteiger partial charge in [-0.2, -0.15) is 0 Å². The lowest BCUT2D eigenvalue weighted by Gasteiger charge is -2.23. The van der Waals surface area contributed by atoms with Crippen molar-refractivity contribution in [1.29, 1.82) is 0 Å². The van der Waals surface area contributed by atoms with Crippen LogP contribution in [0.15, 0.2) is 48.7 Å². The summed E-state index contributed by atoms with van der Waals surface area (Å²) in [7, 11) is 0. The lowest BCUT2D eigenvalue weighted by molar-refractivity contribution is 0.228. The van der Waals surface area contributed by atoms with Crippen molar-refractivity contribution in [2.24, 2.45) is 0 Å². The van der Waals surface area contributed by atoms with Gasteiger partial charge in [0.05, 0.1) is 18.5 Å². The second-order valence-corrected chi connectivity index (χ2v) is 5.10. The molecule has 0 aliphatic carbocycles. The first-order valence-electron chi connectivity index (χ1n) is 7.25. The molecule has 1 heterocycles. The molecule has 0 aliphatic heterocycles. The topological polar surface area (TPSA) is 45.1 Å². The maximum Gasteiger partial charge on any atom is 0.141 e. The number of halogens is 1. The van der Waals surface area contributed by atoms with E-state index in [0.29, 0.717) is 0 Å². The third-order valence-corrected chi connectivity index (χ3v) is 3.50. The number of pyridine rings is 1. The number of hydrogen-bond acceptors (Lipinski definition) is 3. The third-order valence-electron chi connectivity index (χ3n) is 3.50. The summed E-state index contributed by atoms with van der Waals surface area (Å²) in [6.07, 6.45) is 2.80. The van der Waals surface area contributed by atoms with Gasteiger partial charge in [0.1, 0.15) is 5.82 Å². The Bertz CT molecular complexity index is 530. The fraction of sp³-hybridized carbons (Fsp3) is 0.353. The van der Waals surface area contributed by atoms with E-state index in [4.69, 9.17) is 0 Å². The molecular formula is C17H21FN2O. The molecule has 0 saturated carbocycles. The molecule has 2 aromatic rings. The Labute approximate surface area is 124 Å². The smallest absolute Gasteiger partial charge is 0.141 e. The molecule has 21 heavy (non-hydrogen) atoms. The Morgan fingerprint density at radius 2 is 1.95 bits per heavy atom. The molecule has 2 N–H and O–H groups in total. The predicted molar refractivity (Wildman–Crippen MR) is 81.4 cm³/mol. The van der Waals surface area contributed by atoms with E-state index < -0.39 is 0 Å². The Kier molecular flexibility index (Phi) is 5.84. The highest BCUT2D eigenvalue weighted by molar-refractivity contribution is 5.16. The minimum Gasteiger partial charge on any atom is -0.395 e. The van der Waals surface area contributed by atoms with Crippen LogP contribution in [0.1, 0.15) is 30.6 Å². The van der Waals surface area contributed by atoms with Gasteiger partial charge in [-0.25, -0.2) is 4.39 Å². The summed E-state index contributed by atoms with van der Waals surface area (Å²) in [5.74, 6) is -0.336. The molecule has 0 spiro atoms. The lowest BCUT2D eigenvalue weighted by atomic mass is 10.0. The molecule has 0 radical (unpaired) electrons. The van der Waals surface area contributed by atoms with Crippen molar-refractivity contribution in [1.82, 2.24) is 10.3 Å². The fourth-order valence-electron chi connectivity index (χ4n) is 2.37. The second kappa shape index (κ2) is 7.86. The largest absolute Gasteiger partial charge is 0.395 e. The van der Waals surface area contributed by atoms with E-state index in [1.165, 1.54) is 17.8 Å². The molecule has 0 amide bonds. The Morgan fingerprint density at radius 3 is 2.52 bits per heavy atom. The van der Waals surface area contributed by atoms with E-state index in [0.717, 1.165) is 18.5 Å². The first-order chi connectivity index (χ1) is 10.2. The summed E-state index contributed by atoms with van der Waals surface area (Å²) in [6, 6.07) is 13.1. The second-order valence-electron chi connectivity index (χ2n) is 5.10. The maximum absolute atomic E-state index is 12.9. The molecule has 3 nitrogen and oxygen atoms in total. The van der Waals surface area contributed by atoms with E-state index >= 15 is 0 Å². The van der Waals surface area contributed by atoms with Gasteiger partial charge < -0.3 is 10.4 Å². The molecule has 0 aliphatic rings. The zero-order valence-electron chi connectivity index (χ0n) is 12.2. The first-order valence-corrected chi connectivity index (χ1v) is 7.25. The van der Waals surface area contributed by atoms with Crippen LogP contribution in [0.4, 0.5) is 4.39 Å². The van der Waals surface area contributed by atoms with E-state index in [1.54, 1.807) is 6.07 Å². The van der Waals surface area contributed by atoms with Crippen molar-refractivity contribution in [2.75, 3.05) is 6.61 Å². The molecule has 4 heteroatoms. The number of aliphatic hydroxyl groups excluding tert-OH is 1. The number of aliphatic hydroxyl groups is 1. The van der Waals surface area contributed by atoms with Crippen molar-refractivity contribution >= 4 is 0 Å². The van der Waals surface area contributed by atoms with Gasteiger partial charge in [0.2, 0.25) is 0 Å². The molecule has 0 fully saturated rings. The summed E-state index contributed by atoms with van der Waals surface area (Å²) < 4.78 is 12.9. The van der Waals surface area contributed by atoms with Gasteiger partial charge in [-0.3, -0.25) is 4.98 Å². The Morgan fingerprint density at radius 1 is 1.19 bits per heavy atom. The fourth-order valence-corrected chi connectivity index (χ4v) is 2.37. The van der Waals surface area contributed by atoms with Crippen LogP contribution in [0.2, 0.25) is 0 Å². The van der Waals surface area contributed by atoms with Crippen LogP contribution >= 0.6 is 0 Å². The van der Waals surface area contributed by atoms with Crippen LogP contribution in [-0.2, 0) is 6.42 Å². The lowest BCUT2D eigenvalue weighted by Crippen LogP contribution is -2.37. The van der Waals surface area contributed by atoms with Gasteiger partial charge >= 0.3 is 0 Å². The third kappa shape index (κ3) is 4.62. The van der Waals surface area contributed by atoms with E-state index in [9.17, 15) is 9.50 Å². The van der Waals surface area contributed by atoms with Gasteiger partial charge in [-0.15, -0.1) is 0 Å². The minimum absolute atomic E-state index is 0.00598. The van der Waals surface area contributed by atoms with E-state index in [-0.39, 0.29) is 24.5 Å². The van der Waals surface area contributed by atoms with Gasteiger partial charge in [0.25, 0.3) is 0 Å². The van der Waals surface area contributed by atoms with Crippen LogP contribution in [0.25, 0.3) is 0 Å². The zero-order chi connectivity index (χ0) is 15.1. The van der Waals surface area contributed by atoms with Crippen LogP contribution < -0.4 is 5.32 Å². The van der Waals surface area contributed by atoms with Crippen LogP contribution in [-0.4, -0.2) is 22.7 Å². The summed E-state index contributed by atoms with van der Waals surface area (Å²) in [6.45, 7) is 2.09. The zero-order valence-corrected chi connectivity index (χ0v) is 12.2. The summed E-state index contributed by atoms with van der Waals surface area (Å²) in [5, 5.41) is 13.0. The molecule has 1 aromatic carbocycles. The molecule has 2 atom stereocenters. The monoisotopic (exact) mass is 288 g/mol. The molecule has 1 aromatic heterocycles. The standard InChI is InChI=1S/C17H21FN2O/c1-2-16(17-9-8-14(18)11-19-17)20-15(12-21)10-13-6-4-3-5-7-13/h3-9,11,15-16,20-21H,2,10,12H2,1H3/t15-,16?/m1/s1. The number of nitrogens with one attached hydrogen (secondary N) is 1. The highest BCUT2D eigenvalue weighted by Crippen LogP contribution is 2.16. The number of hydrogen-bond donors (Lipinski definition) is 2. The predicted octanol–water partition coefficient (Wildman–Crippen LogP) is 2.87. The number of benzene rings is 1. The van der Waals surface area contributed by atoms with Gasteiger partial charge in [-0.1, -0.05) is 37.3 Å². The van der Waals surface area contributed by atoms with E-state index in [2.05, 4.69) is 10.3 Å². The molecule has 112 valence electrons. The summed E-state index contributed by atoms with van der Waals surface area (Å²) in [4.78, 5) is 4.12. The average Bonchev–Trinajstić information content (AvgIpc) is 2.53. The molecule has 0 saturated heterocycles. The molecule has 1 unspecified atom stereocenters. The molecule has 2 rings (SSSR count). The van der Waals surface area contributed by atoms with Crippen LogP contribution in [0.5, 0.6) is 0 Å². The van der Waals surface area contributed by atoms with Crippen molar-refractivity contribution < 1.29 is 9.50 Å². The van der Waals surface area contributed by atoms with Gasteiger partial charge in [-0.05, 0) is 30.5 Å². The van der Waals surface area contributed by atoms with Crippen molar-refractivity contribution in [3.63, 3.8) is 0 Å². The molecular weight excluding hydrogens is 267 g/mol.